The first-order valence-corrected chi connectivity index (χ1v) is 8.33. The quantitative estimate of drug-likeness (QED) is 0.206. The van der Waals surface area contributed by atoms with Crippen molar-refractivity contribution in [2.45, 2.75) is 0 Å². The number of nitro benzene ring substituents is 2. The first-order valence-electron chi connectivity index (χ1n) is 8.33. The van der Waals surface area contributed by atoms with Gasteiger partial charge in [0.05, 0.1) is 21.2 Å². The average molecular weight is 390 g/mol. The number of non-ortho nitro benzene ring substituents is 2. The van der Waals surface area contributed by atoms with Crippen LogP contribution in [0.2, 0.25) is 0 Å². The Labute approximate surface area is 164 Å². The van der Waals surface area contributed by atoms with Gasteiger partial charge in [0.2, 0.25) is 5.84 Å². The van der Waals surface area contributed by atoms with E-state index >= 15 is 0 Å². The number of nitrogens with zero attached hydrogens (tertiary/aromatic N) is 5. The summed E-state index contributed by atoms with van der Waals surface area (Å²) in [6, 6.07) is 20.4. The van der Waals surface area contributed by atoms with E-state index in [4.69, 9.17) is 0 Å². The fourth-order valence-corrected chi connectivity index (χ4v) is 2.25. The third-order valence-corrected chi connectivity index (χ3v) is 3.72. The summed E-state index contributed by atoms with van der Waals surface area (Å²) in [7, 11) is 0. The topological polar surface area (TPSA) is 135 Å². The number of anilines is 1. The van der Waals surface area contributed by atoms with Crippen LogP contribution in [0.3, 0.4) is 0 Å². The molecule has 0 radical (unpaired) electrons. The lowest BCUT2D eigenvalue weighted by atomic mass is 10.2. The van der Waals surface area contributed by atoms with Gasteiger partial charge in [0, 0.05) is 29.8 Å². The van der Waals surface area contributed by atoms with Gasteiger partial charge in [-0.3, -0.25) is 25.7 Å². The van der Waals surface area contributed by atoms with Gasteiger partial charge in [-0.05, 0) is 36.4 Å². The number of azo groups is 1. The molecule has 0 fully saturated rings. The number of nitro groups is 2. The van der Waals surface area contributed by atoms with Gasteiger partial charge < -0.3 is 0 Å². The molecular formula is C19H14N6O4. The fraction of sp³-hybridized carbons (Fsp3) is 0. The van der Waals surface area contributed by atoms with E-state index in [9.17, 15) is 20.2 Å². The standard InChI is InChI=1S/C19H14N6O4/c26-24(27)17-10-6-14(7-11-17)19(22-20-15-4-2-1-3-5-15)23-21-16-8-12-18(13-9-16)25(28)29/h1-13,20H/b22-19+,23-21?. The number of benzene rings is 3. The molecular weight excluding hydrogens is 376 g/mol. The summed E-state index contributed by atoms with van der Waals surface area (Å²) < 4.78 is 0. The van der Waals surface area contributed by atoms with Crippen molar-refractivity contribution in [1.82, 2.24) is 0 Å². The third-order valence-electron chi connectivity index (χ3n) is 3.72. The molecule has 0 bridgehead atoms. The van der Waals surface area contributed by atoms with Gasteiger partial charge in [0.1, 0.15) is 0 Å². The highest BCUT2D eigenvalue weighted by molar-refractivity contribution is 5.99. The van der Waals surface area contributed by atoms with Crippen molar-refractivity contribution in [2.75, 3.05) is 5.43 Å². The van der Waals surface area contributed by atoms with Crippen LogP contribution in [0.1, 0.15) is 5.56 Å². The summed E-state index contributed by atoms with van der Waals surface area (Å²) in [6.07, 6.45) is 0. The second-order valence-corrected chi connectivity index (χ2v) is 5.69. The summed E-state index contributed by atoms with van der Waals surface area (Å²) in [5.41, 5.74) is 4.35. The van der Waals surface area contributed by atoms with Gasteiger partial charge in [-0.25, -0.2) is 0 Å². The predicted octanol–water partition coefficient (Wildman–Crippen LogP) is 5.06. The molecule has 0 amide bonds. The molecule has 0 aliphatic rings. The van der Waals surface area contributed by atoms with Gasteiger partial charge >= 0.3 is 0 Å². The molecule has 0 saturated carbocycles. The zero-order valence-electron chi connectivity index (χ0n) is 14.9. The molecule has 0 aromatic heterocycles. The average Bonchev–Trinajstić information content (AvgIpc) is 2.75. The van der Waals surface area contributed by atoms with Crippen LogP contribution in [-0.2, 0) is 0 Å². The maximum Gasteiger partial charge on any atom is 0.269 e. The van der Waals surface area contributed by atoms with Crippen LogP contribution in [0.4, 0.5) is 22.7 Å². The van der Waals surface area contributed by atoms with E-state index in [1.807, 2.05) is 30.3 Å². The largest absolute Gasteiger partial charge is 0.276 e. The zero-order chi connectivity index (χ0) is 20.6. The molecule has 1 N–H and O–H groups in total. The first-order chi connectivity index (χ1) is 14.0. The van der Waals surface area contributed by atoms with Crippen LogP contribution in [-0.4, -0.2) is 15.7 Å². The molecule has 0 aliphatic heterocycles. The zero-order valence-corrected chi connectivity index (χ0v) is 14.9. The van der Waals surface area contributed by atoms with Crippen molar-refractivity contribution in [3.8, 4) is 0 Å². The Morgan fingerprint density at radius 1 is 0.759 bits per heavy atom. The number of rotatable bonds is 6. The van der Waals surface area contributed by atoms with Gasteiger partial charge in [-0.1, -0.05) is 18.2 Å². The summed E-state index contributed by atoms with van der Waals surface area (Å²) in [5, 5.41) is 34.0. The Kier molecular flexibility index (Phi) is 5.96. The Hall–Kier alpha value is -4.47. The van der Waals surface area contributed by atoms with Gasteiger partial charge in [-0.2, -0.15) is 5.10 Å². The smallest absolute Gasteiger partial charge is 0.269 e. The SMILES string of the molecule is O=[N+]([O-])c1ccc(N=N/C(=N/Nc2ccccc2)c2ccc([N+](=O)[O-])cc2)cc1. The van der Waals surface area contributed by atoms with E-state index in [1.54, 1.807) is 0 Å². The van der Waals surface area contributed by atoms with Crippen LogP contribution in [0, 0.1) is 20.2 Å². The lowest BCUT2D eigenvalue weighted by Crippen LogP contribution is -2.01. The minimum atomic E-state index is -0.505. The molecule has 0 aliphatic carbocycles. The summed E-state index contributed by atoms with van der Waals surface area (Å²) >= 11 is 0. The number of hydrogen-bond acceptors (Lipinski definition) is 7. The number of amidine groups is 1. The lowest BCUT2D eigenvalue weighted by molar-refractivity contribution is -0.385. The molecule has 0 spiro atoms. The van der Waals surface area contributed by atoms with Crippen molar-refractivity contribution >= 4 is 28.6 Å². The minimum Gasteiger partial charge on any atom is -0.276 e. The van der Waals surface area contributed by atoms with Gasteiger partial charge in [-0.15, -0.1) is 10.2 Å². The van der Waals surface area contributed by atoms with E-state index in [1.165, 1.54) is 48.5 Å². The lowest BCUT2D eigenvalue weighted by Gasteiger charge is -2.03. The summed E-state index contributed by atoms with van der Waals surface area (Å²) in [6.45, 7) is 0. The van der Waals surface area contributed by atoms with Crippen LogP contribution >= 0.6 is 0 Å². The highest BCUT2D eigenvalue weighted by Crippen LogP contribution is 2.19. The van der Waals surface area contributed by atoms with E-state index in [2.05, 4.69) is 20.8 Å². The molecule has 0 atom stereocenters. The van der Waals surface area contributed by atoms with E-state index in [-0.39, 0.29) is 17.2 Å². The second-order valence-electron chi connectivity index (χ2n) is 5.69. The third kappa shape index (κ3) is 5.26. The van der Waals surface area contributed by atoms with Gasteiger partial charge in [0.25, 0.3) is 11.4 Å². The fourth-order valence-electron chi connectivity index (χ4n) is 2.25. The first kappa shape index (κ1) is 19.3. The Morgan fingerprint density at radius 3 is 1.86 bits per heavy atom. The molecule has 0 heterocycles. The van der Waals surface area contributed by atoms with Gasteiger partial charge in [0.15, 0.2) is 0 Å². The number of hydrogen-bond donors (Lipinski definition) is 1. The number of nitrogens with one attached hydrogen (secondary N) is 1. The minimum absolute atomic E-state index is 0.0565. The van der Waals surface area contributed by atoms with Crippen molar-refractivity contribution in [3.63, 3.8) is 0 Å². The molecule has 0 unspecified atom stereocenters. The molecule has 10 heteroatoms. The molecule has 10 nitrogen and oxygen atoms in total. The predicted molar refractivity (Wildman–Crippen MR) is 107 cm³/mol. The summed E-state index contributed by atoms with van der Waals surface area (Å²) in [4.78, 5) is 20.6. The molecule has 3 aromatic rings. The normalized spacial score (nSPS) is 11.4. The Balaban J connectivity index is 1.89. The van der Waals surface area contributed by atoms with E-state index in [0.29, 0.717) is 11.3 Å². The monoisotopic (exact) mass is 390 g/mol. The van der Waals surface area contributed by atoms with Crippen LogP contribution in [0.15, 0.2) is 94.2 Å². The van der Waals surface area contributed by atoms with E-state index in [0.717, 1.165) is 5.69 Å². The highest BCUT2D eigenvalue weighted by Gasteiger charge is 2.09. The maximum absolute atomic E-state index is 10.9. The van der Waals surface area contributed by atoms with Crippen molar-refractivity contribution in [1.29, 1.82) is 0 Å². The molecule has 144 valence electrons. The van der Waals surface area contributed by atoms with Crippen LogP contribution < -0.4 is 5.43 Å². The van der Waals surface area contributed by atoms with Crippen LogP contribution in [0.5, 0.6) is 0 Å². The number of hydrazone groups is 1. The van der Waals surface area contributed by atoms with Crippen molar-refractivity contribution in [2.24, 2.45) is 15.3 Å². The second kappa shape index (κ2) is 8.95. The Bertz CT molecular complexity index is 1060. The van der Waals surface area contributed by atoms with Crippen LogP contribution in [0.25, 0.3) is 0 Å². The molecule has 3 rings (SSSR count). The maximum atomic E-state index is 10.9. The van der Waals surface area contributed by atoms with Crippen molar-refractivity contribution < 1.29 is 9.85 Å². The summed E-state index contributed by atoms with van der Waals surface area (Å²) in [5.74, 6) is 0.183. The van der Waals surface area contributed by atoms with E-state index < -0.39 is 9.85 Å². The Morgan fingerprint density at radius 2 is 1.31 bits per heavy atom. The molecule has 29 heavy (non-hydrogen) atoms. The highest BCUT2D eigenvalue weighted by atomic mass is 16.6. The molecule has 0 saturated heterocycles. The number of para-hydroxylation sites is 1. The van der Waals surface area contributed by atoms with Crippen molar-refractivity contribution in [3.05, 3.63) is 105 Å². The molecule has 3 aromatic carbocycles.